The van der Waals surface area contributed by atoms with Crippen LogP contribution in [0.4, 0.5) is 4.79 Å². The third kappa shape index (κ3) is 10.2. The molecule has 0 saturated heterocycles. The van der Waals surface area contributed by atoms with Crippen LogP contribution in [0, 0.1) is 0 Å². The molecule has 8 heteroatoms. The van der Waals surface area contributed by atoms with Crippen molar-refractivity contribution in [2.24, 2.45) is 5.16 Å². The van der Waals surface area contributed by atoms with Crippen LogP contribution < -0.4 is 5.32 Å². The summed E-state index contributed by atoms with van der Waals surface area (Å²) in [6.07, 6.45) is -0.0640. The lowest BCUT2D eigenvalue weighted by Gasteiger charge is -2.22. The topological polar surface area (TPSA) is 86.2 Å². The van der Waals surface area contributed by atoms with Crippen molar-refractivity contribution < 1.29 is 23.9 Å². The molecule has 0 aliphatic carbocycles. The number of amides is 1. The minimum atomic E-state index is -0.864. The van der Waals surface area contributed by atoms with E-state index in [1.807, 2.05) is 30.3 Å². The minimum Gasteiger partial charge on any atom is -0.464 e. The molecule has 0 aliphatic rings. The van der Waals surface area contributed by atoms with Gasteiger partial charge in [0.25, 0.3) is 0 Å². The Hall–Kier alpha value is -2.28. The number of esters is 1. The van der Waals surface area contributed by atoms with Crippen molar-refractivity contribution in [2.45, 2.75) is 58.8 Å². The van der Waals surface area contributed by atoms with E-state index >= 15 is 0 Å². The standard InChI is InChI=1S/C20H29ClN2O5/c1-5-26-18(24)17(22-19(25)28-20(2,3)4)12-11-16(13-21)23-27-14-15-9-7-6-8-10-15/h6-10,17H,5,11-14H2,1-4H3,(H,22,25)/b23-16+/t17-/m0/s1. The first kappa shape index (κ1) is 23.8. The smallest absolute Gasteiger partial charge is 0.408 e. The van der Waals surface area contributed by atoms with E-state index in [1.165, 1.54) is 0 Å². The summed E-state index contributed by atoms with van der Waals surface area (Å²) < 4.78 is 10.2. The largest absolute Gasteiger partial charge is 0.464 e. The summed E-state index contributed by atoms with van der Waals surface area (Å²) in [6, 6.07) is 8.74. The van der Waals surface area contributed by atoms with E-state index < -0.39 is 23.7 Å². The lowest BCUT2D eigenvalue weighted by atomic mass is 10.1. The molecule has 0 radical (unpaired) electrons. The maximum Gasteiger partial charge on any atom is 0.408 e. The Kier molecular flexibility index (Phi) is 10.4. The molecule has 0 saturated carbocycles. The van der Waals surface area contributed by atoms with Gasteiger partial charge in [-0.25, -0.2) is 9.59 Å². The number of ether oxygens (including phenoxy) is 2. The third-order valence-corrected chi connectivity index (χ3v) is 3.71. The highest BCUT2D eigenvalue weighted by Gasteiger charge is 2.25. The Morgan fingerprint density at radius 1 is 1.21 bits per heavy atom. The Morgan fingerprint density at radius 2 is 1.89 bits per heavy atom. The first-order chi connectivity index (χ1) is 13.2. The van der Waals surface area contributed by atoms with Crippen LogP contribution in [0.2, 0.25) is 0 Å². The van der Waals surface area contributed by atoms with Crippen molar-refractivity contribution in [3.63, 3.8) is 0 Å². The first-order valence-corrected chi connectivity index (χ1v) is 9.72. The molecular formula is C20H29ClN2O5. The summed E-state index contributed by atoms with van der Waals surface area (Å²) in [5.74, 6) is -0.385. The Labute approximate surface area is 171 Å². The van der Waals surface area contributed by atoms with Gasteiger partial charge in [-0.05, 0) is 46.1 Å². The highest BCUT2D eigenvalue weighted by Crippen LogP contribution is 2.10. The monoisotopic (exact) mass is 412 g/mol. The zero-order chi connectivity index (χ0) is 21.0. The molecule has 1 aromatic rings. The molecule has 1 aromatic carbocycles. The third-order valence-electron chi connectivity index (χ3n) is 3.41. The van der Waals surface area contributed by atoms with Crippen molar-refractivity contribution in [3.05, 3.63) is 35.9 Å². The van der Waals surface area contributed by atoms with E-state index in [1.54, 1.807) is 27.7 Å². The molecule has 0 unspecified atom stereocenters. The van der Waals surface area contributed by atoms with E-state index in [4.69, 9.17) is 25.9 Å². The molecule has 0 spiro atoms. The van der Waals surface area contributed by atoms with Gasteiger partial charge in [0, 0.05) is 0 Å². The Bertz CT molecular complexity index is 644. The molecular weight excluding hydrogens is 384 g/mol. The minimum absolute atomic E-state index is 0.150. The second-order valence-electron chi connectivity index (χ2n) is 7.04. The Morgan fingerprint density at radius 3 is 2.46 bits per heavy atom. The highest BCUT2D eigenvalue weighted by atomic mass is 35.5. The van der Waals surface area contributed by atoms with Gasteiger partial charge in [0.1, 0.15) is 18.2 Å². The van der Waals surface area contributed by atoms with Gasteiger partial charge in [-0.15, -0.1) is 11.6 Å². The summed E-state index contributed by atoms with van der Waals surface area (Å²) in [6.45, 7) is 7.46. The number of nitrogens with one attached hydrogen (secondary N) is 1. The predicted octanol–water partition coefficient (Wildman–Crippen LogP) is 4.03. The van der Waals surface area contributed by atoms with Crippen LogP contribution in [0.25, 0.3) is 0 Å². The van der Waals surface area contributed by atoms with Gasteiger partial charge in [0.2, 0.25) is 0 Å². The molecule has 1 atom stereocenters. The van der Waals surface area contributed by atoms with Gasteiger partial charge < -0.3 is 19.6 Å². The van der Waals surface area contributed by atoms with Gasteiger partial charge in [-0.2, -0.15) is 0 Å². The molecule has 0 bridgehead atoms. The molecule has 0 aromatic heterocycles. The summed E-state index contributed by atoms with van der Waals surface area (Å²) >= 11 is 5.93. The number of hydrogen-bond donors (Lipinski definition) is 1. The fourth-order valence-corrected chi connectivity index (χ4v) is 2.34. The molecule has 156 valence electrons. The quantitative estimate of drug-likeness (QED) is 0.271. The molecule has 7 nitrogen and oxygen atoms in total. The van der Waals surface area contributed by atoms with Gasteiger partial charge >= 0.3 is 12.1 Å². The molecule has 28 heavy (non-hydrogen) atoms. The maximum absolute atomic E-state index is 12.1. The fourth-order valence-electron chi connectivity index (χ4n) is 2.16. The van der Waals surface area contributed by atoms with Crippen molar-refractivity contribution in [1.82, 2.24) is 5.32 Å². The van der Waals surface area contributed by atoms with Crippen LogP contribution in [0.3, 0.4) is 0 Å². The second-order valence-corrected chi connectivity index (χ2v) is 7.31. The number of benzene rings is 1. The average molecular weight is 413 g/mol. The SMILES string of the molecule is CCOC(=O)[C@H](CC/C(CCl)=N\OCc1ccccc1)NC(=O)OC(C)(C)C. The summed E-state index contributed by atoms with van der Waals surface area (Å²) in [7, 11) is 0. The van der Waals surface area contributed by atoms with E-state index in [0.29, 0.717) is 18.7 Å². The van der Waals surface area contributed by atoms with Crippen LogP contribution in [-0.2, 0) is 25.7 Å². The fraction of sp³-hybridized carbons (Fsp3) is 0.550. The van der Waals surface area contributed by atoms with Gasteiger partial charge in [0.05, 0.1) is 18.2 Å². The van der Waals surface area contributed by atoms with Crippen LogP contribution in [0.15, 0.2) is 35.5 Å². The van der Waals surface area contributed by atoms with Crippen molar-refractivity contribution in [1.29, 1.82) is 0 Å². The number of carbonyl (C=O) groups is 2. The van der Waals surface area contributed by atoms with Crippen molar-refractivity contribution in [3.8, 4) is 0 Å². The summed E-state index contributed by atoms with van der Waals surface area (Å²) in [5.41, 5.74) is 0.881. The van der Waals surface area contributed by atoms with Gasteiger partial charge in [-0.1, -0.05) is 35.5 Å². The zero-order valence-electron chi connectivity index (χ0n) is 16.9. The lowest BCUT2D eigenvalue weighted by molar-refractivity contribution is -0.145. The van der Waals surface area contributed by atoms with Crippen LogP contribution in [0.5, 0.6) is 0 Å². The lowest BCUT2D eigenvalue weighted by Crippen LogP contribution is -2.44. The molecule has 0 fully saturated rings. The number of hydrogen-bond acceptors (Lipinski definition) is 6. The van der Waals surface area contributed by atoms with Crippen LogP contribution >= 0.6 is 11.6 Å². The molecule has 0 aliphatic heterocycles. The normalized spacial score (nSPS) is 12.8. The van der Waals surface area contributed by atoms with E-state index in [9.17, 15) is 9.59 Å². The van der Waals surface area contributed by atoms with E-state index in [0.717, 1.165) is 5.56 Å². The summed E-state index contributed by atoms with van der Waals surface area (Å²) in [4.78, 5) is 29.5. The van der Waals surface area contributed by atoms with Crippen LogP contribution in [0.1, 0.15) is 46.1 Å². The Balaban J connectivity index is 2.63. The molecule has 1 N–H and O–H groups in total. The summed E-state index contributed by atoms with van der Waals surface area (Å²) in [5, 5.41) is 6.59. The molecule has 0 heterocycles. The first-order valence-electron chi connectivity index (χ1n) is 9.19. The van der Waals surface area contributed by atoms with Gasteiger partial charge in [0.15, 0.2) is 0 Å². The van der Waals surface area contributed by atoms with Crippen molar-refractivity contribution in [2.75, 3.05) is 12.5 Å². The number of rotatable bonds is 10. The number of oxime groups is 1. The molecule has 1 amide bonds. The van der Waals surface area contributed by atoms with E-state index in [-0.39, 0.29) is 18.9 Å². The zero-order valence-corrected chi connectivity index (χ0v) is 17.6. The maximum atomic E-state index is 12.1. The number of halogens is 1. The van der Waals surface area contributed by atoms with Gasteiger partial charge in [-0.3, -0.25) is 0 Å². The second kappa shape index (κ2) is 12.2. The van der Waals surface area contributed by atoms with E-state index in [2.05, 4.69) is 10.5 Å². The predicted molar refractivity (Wildman–Crippen MR) is 108 cm³/mol. The van der Waals surface area contributed by atoms with Crippen LogP contribution in [-0.4, -0.2) is 41.9 Å². The number of alkyl carbamates (subject to hydrolysis) is 1. The van der Waals surface area contributed by atoms with Crippen molar-refractivity contribution >= 4 is 29.4 Å². The number of carbonyl (C=O) groups excluding carboxylic acids is 2. The molecule has 1 rings (SSSR count). The number of nitrogens with zero attached hydrogens (tertiary/aromatic N) is 1. The highest BCUT2D eigenvalue weighted by molar-refractivity contribution is 6.28. The average Bonchev–Trinajstić information content (AvgIpc) is 2.62. The number of alkyl halides is 1.